The molecular weight excluding hydrogens is 264 g/mol. The van der Waals surface area contributed by atoms with Gasteiger partial charge in [-0.15, -0.1) is 0 Å². The predicted octanol–water partition coefficient (Wildman–Crippen LogP) is 2.38. The zero-order chi connectivity index (χ0) is 14.1. The van der Waals surface area contributed by atoms with Gasteiger partial charge in [0, 0.05) is 50.1 Å². The van der Waals surface area contributed by atoms with E-state index in [1.165, 1.54) is 11.3 Å². The van der Waals surface area contributed by atoms with Gasteiger partial charge in [-0.2, -0.15) is 5.10 Å². The van der Waals surface area contributed by atoms with E-state index in [4.69, 9.17) is 9.84 Å². The number of rotatable bonds is 2. The highest BCUT2D eigenvalue weighted by molar-refractivity contribution is 5.41. The van der Waals surface area contributed by atoms with Gasteiger partial charge in [0.2, 0.25) is 0 Å². The maximum atomic E-state index is 5.44. The van der Waals surface area contributed by atoms with Crippen molar-refractivity contribution in [3.8, 4) is 0 Å². The van der Waals surface area contributed by atoms with Crippen LogP contribution in [0.4, 0.5) is 5.82 Å². The number of nitrogens with zero attached hydrogens (tertiary/aromatic N) is 3. The molecule has 0 aliphatic carbocycles. The normalized spacial score (nSPS) is 22.6. The molecule has 0 saturated carbocycles. The lowest BCUT2D eigenvalue weighted by Gasteiger charge is -2.25. The first-order valence-corrected chi connectivity index (χ1v) is 7.69. The summed E-state index contributed by atoms with van der Waals surface area (Å²) in [6.45, 7) is 3.62. The van der Waals surface area contributed by atoms with Crippen LogP contribution in [0.25, 0.3) is 0 Å². The number of anilines is 1. The van der Waals surface area contributed by atoms with Gasteiger partial charge in [-0.25, -0.2) is 4.68 Å². The van der Waals surface area contributed by atoms with Crippen LogP contribution in [0.5, 0.6) is 0 Å². The molecule has 0 amide bonds. The summed E-state index contributed by atoms with van der Waals surface area (Å²) in [7, 11) is 0. The van der Waals surface area contributed by atoms with Gasteiger partial charge in [0.25, 0.3) is 0 Å². The number of fused-ring (bicyclic) bond motifs is 1. The highest BCUT2D eigenvalue weighted by Crippen LogP contribution is 2.31. The third kappa shape index (κ3) is 2.53. The summed E-state index contributed by atoms with van der Waals surface area (Å²) in [5.74, 6) is 2.17. The van der Waals surface area contributed by atoms with Crippen molar-refractivity contribution in [3.05, 3.63) is 41.9 Å². The van der Waals surface area contributed by atoms with Crippen molar-refractivity contribution in [1.29, 1.82) is 0 Å². The zero-order valence-corrected chi connectivity index (χ0v) is 12.0. The molecule has 2 aliphatic heterocycles. The summed E-state index contributed by atoms with van der Waals surface area (Å²) in [4.78, 5) is 4.10. The van der Waals surface area contributed by atoms with Gasteiger partial charge in [-0.1, -0.05) is 0 Å². The van der Waals surface area contributed by atoms with Gasteiger partial charge in [-0.05, 0) is 30.5 Å². The van der Waals surface area contributed by atoms with Gasteiger partial charge >= 0.3 is 0 Å². The number of aromatic nitrogens is 3. The van der Waals surface area contributed by atoms with Gasteiger partial charge in [0.05, 0.1) is 12.2 Å². The molecule has 4 heterocycles. The van der Waals surface area contributed by atoms with Crippen LogP contribution < -0.4 is 5.32 Å². The van der Waals surface area contributed by atoms with Gasteiger partial charge in [-0.3, -0.25) is 4.98 Å². The third-order valence-electron chi connectivity index (χ3n) is 4.54. The molecule has 2 aromatic rings. The minimum Gasteiger partial charge on any atom is -0.381 e. The molecular formula is C16H20N4O. The maximum absolute atomic E-state index is 5.44. The van der Waals surface area contributed by atoms with E-state index >= 15 is 0 Å². The van der Waals surface area contributed by atoms with Crippen LogP contribution >= 0.6 is 0 Å². The van der Waals surface area contributed by atoms with E-state index < -0.39 is 0 Å². The Morgan fingerprint density at radius 2 is 1.95 bits per heavy atom. The lowest BCUT2D eigenvalue weighted by atomic mass is 9.96. The molecule has 0 aromatic carbocycles. The molecule has 4 rings (SSSR count). The van der Waals surface area contributed by atoms with Crippen LogP contribution in [0.3, 0.4) is 0 Å². The zero-order valence-electron chi connectivity index (χ0n) is 12.0. The first kappa shape index (κ1) is 12.8. The van der Waals surface area contributed by atoms with Crippen LogP contribution in [-0.4, -0.2) is 34.5 Å². The van der Waals surface area contributed by atoms with Crippen molar-refractivity contribution in [2.75, 3.05) is 25.1 Å². The van der Waals surface area contributed by atoms with Gasteiger partial charge in [0.1, 0.15) is 5.82 Å². The fourth-order valence-corrected chi connectivity index (χ4v) is 3.27. The Balaban J connectivity index is 1.54. The first-order valence-electron chi connectivity index (χ1n) is 7.69. The van der Waals surface area contributed by atoms with E-state index in [0.717, 1.165) is 45.0 Å². The van der Waals surface area contributed by atoms with Crippen molar-refractivity contribution in [3.63, 3.8) is 0 Å². The molecule has 110 valence electrons. The lowest BCUT2D eigenvalue weighted by Crippen LogP contribution is -2.26. The highest BCUT2D eigenvalue weighted by atomic mass is 16.5. The second kappa shape index (κ2) is 5.48. The molecule has 2 aliphatic rings. The lowest BCUT2D eigenvalue weighted by molar-refractivity contribution is 0.0843. The van der Waals surface area contributed by atoms with E-state index in [1.807, 2.05) is 12.4 Å². The standard InChI is InChI=1S/C16H20N4O/c1-5-17-6-2-12(1)14-10-18-16-9-15(19-20(16)11-14)13-3-7-21-8-4-13/h1-2,5-6,9,13-14,18H,3-4,7-8,10-11H2. The predicted molar refractivity (Wildman–Crippen MR) is 80.5 cm³/mol. The molecule has 2 aromatic heterocycles. The smallest absolute Gasteiger partial charge is 0.124 e. The Labute approximate surface area is 124 Å². The molecule has 1 atom stereocenters. The molecule has 0 radical (unpaired) electrons. The largest absolute Gasteiger partial charge is 0.381 e. The molecule has 1 unspecified atom stereocenters. The van der Waals surface area contributed by atoms with Crippen molar-refractivity contribution >= 4 is 5.82 Å². The monoisotopic (exact) mass is 284 g/mol. The van der Waals surface area contributed by atoms with E-state index in [9.17, 15) is 0 Å². The van der Waals surface area contributed by atoms with Crippen LogP contribution in [0.2, 0.25) is 0 Å². The average molecular weight is 284 g/mol. The third-order valence-corrected chi connectivity index (χ3v) is 4.54. The van der Waals surface area contributed by atoms with E-state index in [0.29, 0.717) is 11.8 Å². The van der Waals surface area contributed by atoms with Crippen molar-refractivity contribution < 1.29 is 4.74 Å². The quantitative estimate of drug-likeness (QED) is 0.920. The first-order chi connectivity index (χ1) is 10.4. The number of ether oxygens (including phenoxy) is 1. The molecule has 0 spiro atoms. The van der Waals surface area contributed by atoms with Crippen LogP contribution in [0.15, 0.2) is 30.6 Å². The molecule has 1 saturated heterocycles. The molecule has 5 heteroatoms. The summed E-state index contributed by atoms with van der Waals surface area (Å²) in [5, 5.41) is 8.35. The molecule has 0 bridgehead atoms. The van der Waals surface area contributed by atoms with Crippen LogP contribution in [-0.2, 0) is 11.3 Å². The molecule has 1 N–H and O–H groups in total. The Kier molecular flexibility index (Phi) is 3.35. The Bertz CT molecular complexity index is 604. The summed E-state index contributed by atoms with van der Waals surface area (Å²) in [6, 6.07) is 6.42. The minimum absolute atomic E-state index is 0.461. The SMILES string of the molecule is c1cc(C2CNc3cc(C4CCOCC4)nn3C2)ccn1. The van der Waals surface area contributed by atoms with Crippen LogP contribution in [0, 0.1) is 0 Å². The Hall–Kier alpha value is -1.88. The highest BCUT2D eigenvalue weighted by Gasteiger charge is 2.24. The average Bonchev–Trinajstić information content (AvgIpc) is 2.99. The number of hydrogen-bond acceptors (Lipinski definition) is 4. The molecule has 1 fully saturated rings. The van der Waals surface area contributed by atoms with Crippen LogP contribution in [0.1, 0.15) is 35.9 Å². The number of nitrogens with one attached hydrogen (secondary N) is 1. The Morgan fingerprint density at radius 3 is 2.76 bits per heavy atom. The van der Waals surface area contributed by atoms with E-state index in [2.05, 4.69) is 33.2 Å². The van der Waals surface area contributed by atoms with Gasteiger partial charge in [0.15, 0.2) is 0 Å². The number of pyridine rings is 1. The second-order valence-corrected chi connectivity index (χ2v) is 5.88. The van der Waals surface area contributed by atoms with E-state index in [1.54, 1.807) is 0 Å². The van der Waals surface area contributed by atoms with Crippen molar-refractivity contribution in [2.24, 2.45) is 0 Å². The fraction of sp³-hybridized carbons (Fsp3) is 0.500. The topological polar surface area (TPSA) is 52.0 Å². The van der Waals surface area contributed by atoms with Crippen molar-refractivity contribution in [1.82, 2.24) is 14.8 Å². The second-order valence-electron chi connectivity index (χ2n) is 5.88. The summed E-state index contributed by atoms with van der Waals surface area (Å²) in [6.07, 6.45) is 5.90. The van der Waals surface area contributed by atoms with Crippen molar-refractivity contribution in [2.45, 2.75) is 31.2 Å². The fourth-order valence-electron chi connectivity index (χ4n) is 3.27. The summed E-state index contributed by atoms with van der Waals surface area (Å²) in [5.41, 5.74) is 2.54. The molecule has 21 heavy (non-hydrogen) atoms. The maximum Gasteiger partial charge on any atom is 0.124 e. The van der Waals surface area contributed by atoms with E-state index in [-0.39, 0.29) is 0 Å². The minimum atomic E-state index is 0.461. The Morgan fingerprint density at radius 1 is 1.14 bits per heavy atom. The number of hydrogen-bond donors (Lipinski definition) is 1. The molecule has 5 nitrogen and oxygen atoms in total. The summed E-state index contributed by atoms with van der Waals surface area (Å²) >= 11 is 0. The van der Waals surface area contributed by atoms with Gasteiger partial charge < -0.3 is 10.1 Å². The summed E-state index contributed by atoms with van der Waals surface area (Å²) < 4.78 is 7.57.